The van der Waals surface area contributed by atoms with Crippen LogP contribution in [0.25, 0.3) is 0 Å². The van der Waals surface area contributed by atoms with Gasteiger partial charge in [0.2, 0.25) is 0 Å². The predicted octanol–water partition coefficient (Wildman–Crippen LogP) is 2.13. The maximum Gasteiger partial charge on any atom is 0.0767 e. The van der Waals surface area contributed by atoms with Gasteiger partial charge in [0, 0.05) is 5.54 Å². The first-order valence-corrected chi connectivity index (χ1v) is 3.93. The lowest BCUT2D eigenvalue weighted by Gasteiger charge is -2.41. The average Bonchev–Trinajstić information content (AvgIpc) is 1.84. The van der Waals surface area contributed by atoms with Crippen molar-refractivity contribution >= 4 is 0 Å². The zero-order valence-corrected chi connectivity index (χ0v) is 8.52. The summed E-state index contributed by atoms with van der Waals surface area (Å²) in [5.41, 5.74) is -0.0197. The third-order valence-electron chi connectivity index (χ3n) is 2.20. The van der Waals surface area contributed by atoms with E-state index < -0.39 is 0 Å². The molecule has 64 valence electrons. The molecular formula is C10H19N. The number of terminal acetylenes is 1. The summed E-state index contributed by atoms with van der Waals surface area (Å²) < 4.78 is 0. The first kappa shape index (κ1) is 10.5. The van der Waals surface area contributed by atoms with Crippen LogP contribution in [0.3, 0.4) is 0 Å². The monoisotopic (exact) mass is 153 g/mol. The molecule has 0 unspecified atom stereocenters. The van der Waals surface area contributed by atoms with Crippen LogP contribution in [0.5, 0.6) is 0 Å². The van der Waals surface area contributed by atoms with E-state index in [1.54, 1.807) is 0 Å². The third kappa shape index (κ3) is 2.55. The highest BCUT2D eigenvalue weighted by Crippen LogP contribution is 2.21. The van der Waals surface area contributed by atoms with Gasteiger partial charge in [-0.3, -0.25) is 4.90 Å². The second-order valence-corrected chi connectivity index (χ2v) is 4.43. The highest BCUT2D eigenvalue weighted by atomic mass is 15.2. The summed E-state index contributed by atoms with van der Waals surface area (Å²) in [6.45, 7) is 10.6. The normalized spacial score (nSPS) is 13.3. The fourth-order valence-electron chi connectivity index (χ4n) is 0.935. The molecule has 0 radical (unpaired) electrons. The van der Waals surface area contributed by atoms with E-state index in [0.717, 1.165) is 0 Å². The van der Waals surface area contributed by atoms with Crippen LogP contribution in [0.15, 0.2) is 0 Å². The fourth-order valence-corrected chi connectivity index (χ4v) is 0.935. The van der Waals surface area contributed by atoms with Crippen LogP contribution in [0.1, 0.15) is 34.6 Å². The van der Waals surface area contributed by atoms with Crippen molar-refractivity contribution in [1.82, 2.24) is 4.90 Å². The number of rotatable bonds is 1. The van der Waals surface area contributed by atoms with E-state index in [2.05, 4.69) is 52.5 Å². The van der Waals surface area contributed by atoms with Crippen LogP contribution >= 0.6 is 0 Å². The van der Waals surface area contributed by atoms with Gasteiger partial charge in [0.05, 0.1) is 5.54 Å². The van der Waals surface area contributed by atoms with E-state index in [0.29, 0.717) is 0 Å². The molecule has 0 bridgehead atoms. The van der Waals surface area contributed by atoms with Crippen LogP contribution in [0, 0.1) is 12.3 Å². The van der Waals surface area contributed by atoms with Crippen molar-refractivity contribution in [1.29, 1.82) is 0 Å². The average molecular weight is 153 g/mol. The molecule has 0 aliphatic heterocycles. The molecule has 0 aromatic heterocycles. The minimum atomic E-state index is -0.155. The van der Waals surface area contributed by atoms with Crippen LogP contribution in [-0.4, -0.2) is 23.0 Å². The molecule has 1 heteroatoms. The standard InChI is InChI=1S/C10H19N/c1-8-10(5,6)11(7)9(2,3)4/h1H,2-7H3. The zero-order valence-electron chi connectivity index (χ0n) is 8.52. The van der Waals surface area contributed by atoms with E-state index in [4.69, 9.17) is 6.42 Å². The van der Waals surface area contributed by atoms with Crippen LogP contribution in [0.4, 0.5) is 0 Å². The highest BCUT2D eigenvalue weighted by molar-refractivity contribution is 5.09. The minimum absolute atomic E-state index is 0.135. The topological polar surface area (TPSA) is 3.24 Å². The Morgan fingerprint density at radius 2 is 1.45 bits per heavy atom. The molecule has 0 atom stereocenters. The molecule has 0 rings (SSSR count). The van der Waals surface area contributed by atoms with Crippen molar-refractivity contribution in [2.24, 2.45) is 0 Å². The highest BCUT2D eigenvalue weighted by Gasteiger charge is 2.29. The van der Waals surface area contributed by atoms with Crippen molar-refractivity contribution in [2.45, 2.75) is 45.7 Å². The smallest absolute Gasteiger partial charge is 0.0767 e. The Balaban J connectivity index is 4.52. The first-order chi connectivity index (χ1) is 4.72. The molecule has 0 fully saturated rings. The molecule has 1 nitrogen and oxygen atoms in total. The molecule has 0 aliphatic rings. The summed E-state index contributed by atoms with van der Waals surface area (Å²) in [7, 11) is 2.06. The Hall–Kier alpha value is -0.480. The molecule has 0 amide bonds. The van der Waals surface area contributed by atoms with Gasteiger partial charge >= 0.3 is 0 Å². The van der Waals surface area contributed by atoms with Crippen LogP contribution in [-0.2, 0) is 0 Å². The second kappa shape index (κ2) is 2.87. The molecule has 0 aromatic rings. The second-order valence-electron chi connectivity index (χ2n) is 4.43. The Morgan fingerprint density at radius 3 is 1.55 bits per heavy atom. The van der Waals surface area contributed by atoms with E-state index in [1.807, 2.05) is 0 Å². The SMILES string of the molecule is C#CC(C)(C)N(C)C(C)(C)C. The molecule has 0 N–H and O–H groups in total. The van der Waals surface area contributed by atoms with Crippen LogP contribution in [0.2, 0.25) is 0 Å². The van der Waals surface area contributed by atoms with Gasteiger partial charge in [-0.25, -0.2) is 0 Å². The Labute approximate surface area is 70.8 Å². The fraction of sp³-hybridized carbons (Fsp3) is 0.800. The molecule has 0 heterocycles. The van der Waals surface area contributed by atoms with Gasteiger partial charge in [-0.05, 0) is 41.7 Å². The molecule has 0 aliphatic carbocycles. The number of nitrogens with zero attached hydrogens (tertiary/aromatic N) is 1. The first-order valence-electron chi connectivity index (χ1n) is 3.93. The zero-order chi connectivity index (χ0) is 9.28. The third-order valence-corrected chi connectivity index (χ3v) is 2.20. The van der Waals surface area contributed by atoms with Gasteiger partial charge in [0.25, 0.3) is 0 Å². The largest absolute Gasteiger partial charge is 0.286 e. The van der Waals surface area contributed by atoms with Crippen molar-refractivity contribution in [2.75, 3.05) is 7.05 Å². The van der Waals surface area contributed by atoms with Crippen molar-refractivity contribution < 1.29 is 0 Å². The molecular weight excluding hydrogens is 134 g/mol. The molecule has 11 heavy (non-hydrogen) atoms. The minimum Gasteiger partial charge on any atom is -0.286 e. The summed E-state index contributed by atoms with van der Waals surface area (Å²) in [6.07, 6.45) is 5.41. The van der Waals surface area contributed by atoms with Crippen molar-refractivity contribution in [3.63, 3.8) is 0 Å². The van der Waals surface area contributed by atoms with Crippen LogP contribution < -0.4 is 0 Å². The Kier molecular flexibility index (Phi) is 2.74. The van der Waals surface area contributed by atoms with Crippen molar-refractivity contribution in [3.05, 3.63) is 0 Å². The van der Waals surface area contributed by atoms with Gasteiger partial charge in [0.15, 0.2) is 0 Å². The molecule has 0 spiro atoms. The van der Waals surface area contributed by atoms with E-state index >= 15 is 0 Å². The quantitative estimate of drug-likeness (QED) is 0.522. The lowest BCUT2D eigenvalue weighted by atomic mass is 9.96. The van der Waals surface area contributed by atoms with E-state index in [1.165, 1.54) is 0 Å². The number of hydrogen-bond acceptors (Lipinski definition) is 1. The number of hydrogen-bond donors (Lipinski definition) is 0. The maximum atomic E-state index is 5.41. The van der Waals surface area contributed by atoms with Gasteiger partial charge in [-0.15, -0.1) is 6.42 Å². The Bertz CT molecular complexity index is 166. The summed E-state index contributed by atoms with van der Waals surface area (Å²) in [4.78, 5) is 2.19. The lowest BCUT2D eigenvalue weighted by Crippen LogP contribution is -2.50. The van der Waals surface area contributed by atoms with Gasteiger partial charge in [-0.1, -0.05) is 5.92 Å². The summed E-state index contributed by atoms with van der Waals surface area (Å²) >= 11 is 0. The molecule has 0 saturated heterocycles. The Morgan fingerprint density at radius 1 is 1.09 bits per heavy atom. The van der Waals surface area contributed by atoms with Gasteiger partial charge < -0.3 is 0 Å². The summed E-state index contributed by atoms with van der Waals surface area (Å²) in [5.74, 6) is 2.77. The molecule has 0 saturated carbocycles. The van der Waals surface area contributed by atoms with Crippen molar-refractivity contribution in [3.8, 4) is 12.3 Å². The van der Waals surface area contributed by atoms with Gasteiger partial charge in [0.1, 0.15) is 0 Å². The van der Waals surface area contributed by atoms with E-state index in [-0.39, 0.29) is 11.1 Å². The maximum absolute atomic E-state index is 5.41. The van der Waals surface area contributed by atoms with Gasteiger partial charge in [-0.2, -0.15) is 0 Å². The van der Waals surface area contributed by atoms with E-state index in [9.17, 15) is 0 Å². The lowest BCUT2D eigenvalue weighted by molar-refractivity contribution is 0.0954. The summed E-state index contributed by atoms with van der Waals surface area (Å²) in [5, 5.41) is 0. The summed E-state index contributed by atoms with van der Waals surface area (Å²) in [6, 6.07) is 0. The molecule has 0 aromatic carbocycles. The predicted molar refractivity (Wildman–Crippen MR) is 50.4 cm³/mol.